The Balaban J connectivity index is 2.09. The number of amides is 1. The number of nitrogens with two attached hydrogens (primary N) is 1. The van der Waals surface area contributed by atoms with Crippen LogP contribution in [0.4, 0.5) is 0 Å². The van der Waals surface area contributed by atoms with Gasteiger partial charge >= 0.3 is 0 Å². The van der Waals surface area contributed by atoms with E-state index in [1.807, 2.05) is 26.8 Å². The van der Waals surface area contributed by atoms with Gasteiger partial charge in [-0.3, -0.25) is 4.79 Å². The van der Waals surface area contributed by atoms with Crippen LogP contribution in [0.1, 0.15) is 31.6 Å². The summed E-state index contributed by atoms with van der Waals surface area (Å²) in [4.78, 5) is 15.4. The van der Waals surface area contributed by atoms with E-state index in [0.717, 1.165) is 11.3 Å². The number of aryl methyl sites for hydroxylation is 1. The predicted octanol–water partition coefficient (Wildman–Crippen LogP) is 1.90. The van der Waals surface area contributed by atoms with Crippen molar-refractivity contribution in [2.24, 2.45) is 17.1 Å². The van der Waals surface area contributed by atoms with E-state index in [4.69, 9.17) is 5.73 Å². The van der Waals surface area contributed by atoms with Gasteiger partial charge in [-0.25, -0.2) is 8.42 Å². The molecule has 2 N–H and O–H groups in total. The van der Waals surface area contributed by atoms with E-state index < -0.39 is 10.0 Å². The van der Waals surface area contributed by atoms with Crippen molar-refractivity contribution in [1.29, 1.82) is 0 Å². The van der Waals surface area contributed by atoms with Crippen LogP contribution in [-0.2, 0) is 14.8 Å². The molecule has 0 aromatic carbocycles. The lowest BCUT2D eigenvalue weighted by atomic mass is 9.92. The lowest BCUT2D eigenvalue weighted by Gasteiger charge is -2.35. The first kappa shape index (κ1) is 20.4. The zero-order chi connectivity index (χ0) is 18.8. The summed E-state index contributed by atoms with van der Waals surface area (Å²) < 4.78 is 27.4. The second-order valence-corrected chi connectivity index (χ2v) is 11.1. The number of sulfonamides is 1. The molecule has 1 aromatic rings. The van der Waals surface area contributed by atoms with Gasteiger partial charge in [-0.1, -0.05) is 13.8 Å². The van der Waals surface area contributed by atoms with Gasteiger partial charge in [-0.05, 0) is 43.9 Å². The van der Waals surface area contributed by atoms with Crippen molar-refractivity contribution in [3.63, 3.8) is 0 Å². The topological polar surface area (TPSA) is 83.7 Å². The zero-order valence-electron chi connectivity index (χ0n) is 15.5. The first-order chi connectivity index (χ1) is 11.6. The Bertz CT molecular complexity index is 712. The molecular weight excluding hydrogens is 358 g/mol. The SMILES string of the molecule is Cc1ccc(S(=O)(=O)N2CCCC(C(=O)N(C)CC(C)(C)CN)C2)s1. The normalized spacial score (nSPS) is 19.8. The summed E-state index contributed by atoms with van der Waals surface area (Å²) in [5.74, 6) is -0.285. The standard InChI is InChI=1S/C17H29N3O3S2/c1-13-7-8-15(24-13)25(22,23)20-9-5-6-14(10-20)16(21)19(4)12-17(2,3)11-18/h7-8,14H,5-6,9-12,18H2,1-4H3. The van der Waals surface area contributed by atoms with Crippen LogP contribution in [0.15, 0.2) is 16.3 Å². The van der Waals surface area contributed by atoms with E-state index in [1.54, 1.807) is 18.0 Å². The molecule has 0 saturated carbocycles. The van der Waals surface area contributed by atoms with E-state index in [1.165, 1.54) is 15.6 Å². The third-order valence-electron chi connectivity index (χ3n) is 4.64. The molecular formula is C17H29N3O3S2. The largest absolute Gasteiger partial charge is 0.345 e. The summed E-state index contributed by atoms with van der Waals surface area (Å²) in [6.45, 7) is 7.72. The van der Waals surface area contributed by atoms with Crippen molar-refractivity contribution in [1.82, 2.24) is 9.21 Å². The minimum atomic E-state index is -3.51. The van der Waals surface area contributed by atoms with Gasteiger partial charge in [0.15, 0.2) is 0 Å². The minimum absolute atomic E-state index is 0.00350. The fraction of sp³-hybridized carbons (Fsp3) is 0.706. The first-order valence-corrected chi connectivity index (χ1v) is 10.8. The average molecular weight is 388 g/mol. The Hall–Kier alpha value is -0.960. The highest BCUT2D eigenvalue weighted by molar-refractivity contribution is 7.91. The second-order valence-electron chi connectivity index (χ2n) is 7.63. The smallest absolute Gasteiger partial charge is 0.252 e. The summed E-state index contributed by atoms with van der Waals surface area (Å²) in [5, 5.41) is 0. The minimum Gasteiger partial charge on any atom is -0.345 e. The first-order valence-electron chi connectivity index (χ1n) is 8.58. The summed E-state index contributed by atoms with van der Waals surface area (Å²) in [6, 6.07) is 3.46. The Morgan fingerprint density at radius 1 is 1.44 bits per heavy atom. The fourth-order valence-corrected chi connectivity index (χ4v) is 6.10. The highest BCUT2D eigenvalue weighted by atomic mass is 32.2. The van der Waals surface area contributed by atoms with Crippen molar-refractivity contribution < 1.29 is 13.2 Å². The van der Waals surface area contributed by atoms with E-state index in [-0.39, 0.29) is 23.8 Å². The van der Waals surface area contributed by atoms with Crippen molar-refractivity contribution >= 4 is 27.3 Å². The molecule has 6 nitrogen and oxygen atoms in total. The number of rotatable bonds is 6. The molecule has 2 heterocycles. The van der Waals surface area contributed by atoms with Crippen LogP contribution < -0.4 is 5.73 Å². The molecule has 1 saturated heterocycles. The zero-order valence-corrected chi connectivity index (χ0v) is 17.1. The van der Waals surface area contributed by atoms with Crippen LogP contribution >= 0.6 is 11.3 Å². The summed E-state index contributed by atoms with van der Waals surface area (Å²) in [6.07, 6.45) is 1.43. The lowest BCUT2D eigenvalue weighted by molar-refractivity contribution is -0.136. The van der Waals surface area contributed by atoms with Gasteiger partial charge in [0.25, 0.3) is 10.0 Å². The molecule has 2 rings (SSSR count). The Labute approximate surface area is 155 Å². The number of hydrogen-bond acceptors (Lipinski definition) is 5. The second kappa shape index (κ2) is 7.73. The van der Waals surface area contributed by atoms with Gasteiger partial charge < -0.3 is 10.6 Å². The fourth-order valence-electron chi connectivity index (χ4n) is 3.14. The van der Waals surface area contributed by atoms with Gasteiger partial charge in [-0.15, -0.1) is 11.3 Å². The Morgan fingerprint density at radius 2 is 2.12 bits per heavy atom. The summed E-state index contributed by atoms with van der Waals surface area (Å²) in [7, 11) is -1.74. The van der Waals surface area contributed by atoms with Crippen molar-refractivity contribution in [2.45, 2.75) is 37.8 Å². The van der Waals surface area contributed by atoms with Crippen LogP contribution in [0.5, 0.6) is 0 Å². The molecule has 1 amide bonds. The molecule has 0 bridgehead atoms. The van der Waals surface area contributed by atoms with E-state index in [0.29, 0.717) is 30.3 Å². The van der Waals surface area contributed by atoms with Crippen molar-refractivity contribution in [3.05, 3.63) is 17.0 Å². The van der Waals surface area contributed by atoms with E-state index in [2.05, 4.69) is 0 Å². The molecule has 0 aliphatic carbocycles. The molecule has 142 valence electrons. The Morgan fingerprint density at radius 3 is 2.68 bits per heavy atom. The molecule has 1 atom stereocenters. The molecule has 1 unspecified atom stereocenters. The molecule has 0 spiro atoms. The molecule has 0 radical (unpaired) electrons. The highest BCUT2D eigenvalue weighted by Gasteiger charge is 2.35. The summed E-state index contributed by atoms with van der Waals surface area (Å²) >= 11 is 1.28. The third kappa shape index (κ3) is 4.81. The number of carbonyl (C=O) groups is 1. The van der Waals surface area contributed by atoms with Gasteiger partial charge in [0.2, 0.25) is 5.91 Å². The number of piperidine rings is 1. The third-order valence-corrected chi connectivity index (χ3v) is 7.97. The van der Waals surface area contributed by atoms with Gasteiger partial charge in [0.1, 0.15) is 4.21 Å². The van der Waals surface area contributed by atoms with Gasteiger partial charge in [-0.2, -0.15) is 4.31 Å². The number of thiophene rings is 1. The van der Waals surface area contributed by atoms with Crippen molar-refractivity contribution in [2.75, 3.05) is 33.2 Å². The van der Waals surface area contributed by atoms with E-state index >= 15 is 0 Å². The highest BCUT2D eigenvalue weighted by Crippen LogP contribution is 2.29. The molecule has 25 heavy (non-hydrogen) atoms. The number of hydrogen-bond donors (Lipinski definition) is 1. The predicted molar refractivity (Wildman–Crippen MR) is 101 cm³/mol. The van der Waals surface area contributed by atoms with Crippen LogP contribution in [0.2, 0.25) is 0 Å². The van der Waals surface area contributed by atoms with E-state index in [9.17, 15) is 13.2 Å². The monoisotopic (exact) mass is 387 g/mol. The van der Waals surface area contributed by atoms with Crippen LogP contribution in [0.25, 0.3) is 0 Å². The maximum absolute atomic E-state index is 12.8. The Kier molecular flexibility index (Phi) is 6.30. The van der Waals surface area contributed by atoms with Gasteiger partial charge in [0, 0.05) is 31.6 Å². The summed E-state index contributed by atoms with van der Waals surface area (Å²) in [5.41, 5.74) is 5.60. The number of carbonyl (C=O) groups excluding carboxylic acids is 1. The molecule has 8 heteroatoms. The maximum Gasteiger partial charge on any atom is 0.252 e. The molecule has 1 aromatic heterocycles. The van der Waals surface area contributed by atoms with Crippen LogP contribution in [0.3, 0.4) is 0 Å². The quantitative estimate of drug-likeness (QED) is 0.808. The number of nitrogens with zero attached hydrogens (tertiary/aromatic N) is 2. The molecule has 1 aliphatic heterocycles. The molecule has 1 fully saturated rings. The van der Waals surface area contributed by atoms with Crippen molar-refractivity contribution in [3.8, 4) is 0 Å². The lowest BCUT2D eigenvalue weighted by Crippen LogP contribution is -2.48. The van der Waals surface area contributed by atoms with Crippen LogP contribution in [0, 0.1) is 18.3 Å². The van der Waals surface area contributed by atoms with Crippen LogP contribution in [-0.4, -0.2) is 56.8 Å². The van der Waals surface area contributed by atoms with Gasteiger partial charge in [0.05, 0.1) is 5.92 Å². The average Bonchev–Trinajstić information content (AvgIpc) is 3.01. The molecule has 1 aliphatic rings. The maximum atomic E-state index is 12.8.